The van der Waals surface area contributed by atoms with Crippen LogP contribution in [0, 0.1) is 0 Å². The fraction of sp³-hybridized carbons (Fsp3) is 0.545. The minimum Gasteiger partial charge on any atom is -0.357 e. The highest BCUT2D eigenvalue weighted by Crippen LogP contribution is 2.12. The summed E-state index contributed by atoms with van der Waals surface area (Å²) in [5.41, 5.74) is 0. The van der Waals surface area contributed by atoms with Gasteiger partial charge in [-0.15, -0.1) is 0 Å². The molecule has 0 bridgehead atoms. The third-order valence-electron chi connectivity index (χ3n) is 2.62. The lowest BCUT2D eigenvalue weighted by Crippen LogP contribution is -2.26. The van der Waals surface area contributed by atoms with Gasteiger partial charge in [0.05, 0.1) is 0 Å². The Labute approximate surface area is 111 Å². The molecule has 2 aromatic rings. The van der Waals surface area contributed by atoms with E-state index in [4.69, 9.17) is 0 Å². The Hall–Kier alpha value is -2.25. The van der Waals surface area contributed by atoms with Gasteiger partial charge < -0.3 is 10.2 Å². The normalized spacial score (nSPS) is 10.5. The predicted molar refractivity (Wildman–Crippen MR) is 72.5 cm³/mol. The maximum Gasteiger partial charge on any atom is 0.258 e. The van der Waals surface area contributed by atoms with Crippen LogP contribution in [0.1, 0.15) is 20.3 Å². The van der Waals surface area contributed by atoms with Crippen LogP contribution in [-0.2, 0) is 0 Å². The summed E-state index contributed by atoms with van der Waals surface area (Å²) in [4.78, 5) is 19.1. The van der Waals surface area contributed by atoms with Crippen LogP contribution in [0.4, 0.5) is 11.9 Å². The van der Waals surface area contributed by atoms with Crippen molar-refractivity contribution in [3.8, 4) is 5.95 Å². The fourth-order valence-electron chi connectivity index (χ4n) is 1.69. The maximum atomic E-state index is 4.44. The van der Waals surface area contributed by atoms with Crippen molar-refractivity contribution in [2.24, 2.45) is 0 Å². The Kier molecular flexibility index (Phi) is 4.22. The van der Waals surface area contributed by atoms with E-state index in [0.717, 1.165) is 19.5 Å². The number of aromatic nitrogens is 6. The van der Waals surface area contributed by atoms with E-state index in [0.29, 0.717) is 17.8 Å². The van der Waals surface area contributed by atoms with Crippen LogP contribution in [0.25, 0.3) is 5.95 Å². The molecule has 0 amide bonds. The van der Waals surface area contributed by atoms with Gasteiger partial charge in [0, 0.05) is 20.1 Å². The topological polar surface area (TPSA) is 84.7 Å². The third-order valence-corrected chi connectivity index (χ3v) is 2.62. The van der Waals surface area contributed by atoms with Crippen molar-refractivity contribution in [3.63, 3.8) is 0 Å². The Balaban J connectivity index is 2.41. The quantitative estimate of drug-likeness (QED) is 0.821. The van der Waals surface area contributed by atoms with E-state index in [2.05, 4.69) is 49.1 Å². The summed E-state index contributed by atoms with van der Waals surface area (Å²) in [6, 6.07) is 0. The van der Waals surface area contributed by atoms with Crippen molar-refractivity contribution in [1.29, 1.82) is 0 Å². The van der Waals surface area contributed by atoms with Crippen LogP contribution in [0.2, 0.25) is 0 Å². The molecule has 0 fully saturated rings. The average molecular weight is 262 g/mol. The van der Waals surface area contributed by atoms with E-state index in [1.54, 1.807) is 13.4 Å². The first-order chi connectivity index (χ1) is 9.28. The number of anilines is 2. The first-order valence-electron chi connectivity index (χ1n) is 6.32. The number of hydrogen-bond donors (Lipinski definition) is 1. The van der Waals surface area contributed by atoms with E-state index in [1.165, 1.54) is 11.0 Å². The van der Waals surface area contributed by atoms with Gasteiger partial charge >= 0.3 is 0 Å². The molecule has 0 aromatic carbocycles. The summed E-state index contributed by atoms with van der Waals surface area (Å²) in [5, 5.41) is 6.98. The zero-order valence-electron chi connectivity index (χ0n) is 11.4. The largest absolute Gasteiger partial charge is 0.357 e. The van der Waals surface area contributed by atoms with Crippen molar-refractivity contribution >= 4 is 11.9 Å². The zero-order chi connectivity index (χ0) is 13.7. The number of rotatable bonds is 6. The lowest BCUT2D eigenvalue weighted by Gasteiger charge is -2.20. The molecule has 0 atom stereocenters. The Morgan fingerprint density at radius 1 is 1.26 bits per heavy atom. The van der Waals surface area contributed by atoms with E-state index in [9.17, 15) is 0 Å². The van der Waals surface area contributed by atoms with E-state index in [1.807, 2.05) is 0 Å². The monoisotopic (exact) mass is 262 g/mol. The molecule has 0 aliphatic carbocycles. The van der Waals surface area contributed by atoms with Crippen LogP contribution in [0.5, 0.6) is 0 Å². The third kappa shape index (κ3) is 2.95. The van der Waals surface area contributed by atoms with Gasteiger partial charge in [-0.05, 0) is 13.3 Å². The molecule has 0 radical (unpaired) electrons. The average Bonchev–Trinajstić information content (AvgIpc) is 2.98. The van der Waals surface area contributed by atoms with Crippen LogP contribution >= 0.6 is 0 Å². The molecule has 0 saturated heterocycles. The van der Waals surface area contributed by atoms with Crippen molar-refractivity contribution in [3.05, 3.63) is 12.7 Å². The predicted octanol–water partition coefficient (Wildman–Crippen LogP) is 0.730. The maximum absolute atomic E-state index is 4.44. The molecule has 0 spiro atoms. The summed E-state index contributed by atoms with van der Waals surface area (Å²) < 4.78 is 1.52. The van der Waals surface area contributed by atoms with Gasteiger partial charge in [-0.3, -0.25) is 0 Å². The lowest BCUT2D eigenvalue weighted by atomic mass is 10.4. The van der Waals surface area contributed by atoms with Gasteiger partial charge in [-0.25, -0.2) is 4.98 Å². The molecule has 0 aliphatic heterocycles. The molecule has 102 valence electrons. The lowest BCUT2D eigenvalue weighted by molar-refractivity contribution is 0.735. The van der Waals surface area contributed by atoms with Crippen molar-refractivity contribution < 1.29 is 0 Å². The van der Waals surface area contributed by atoms with Crippen molar-refractivity contribution in [2.75, 3.05) is 30.4 Å². The van der Waals surface area contributed by atoms with Crippen LogP contribution in [0.3, 0.4) is 0 Å². The van der Waals surface area contributed by atoms with Gasteiger partial charge in [0.1, 0.15) is 12.7 Å². The molecular weight excluding hydrogens is 244 g/mol. The Morgan fingerprint density at radius 3 is 2.68 bits per heavy atom. The van der Waals surface area contributed by atoms with Crippen molar-refractivity contribution in [1.82, 2.24) is 29.7 Å². The standard InChI is InChI=1S/C11H18N8/c1-4-6-18(5-2)10-15-9(12-3)16-11(17-10)19-8-13-7-14-19/h7-8H,4-6H2,1-3H3,(H,12,15,16,17). The summed E-state index contributed by atoms with van der Waals surface area (Å²) in [6.07, 6.45) is 4.05. The van der Waals surface area contributed by atoms with Gasteiger partial charge in [-0.1, -0.05) is 6.92 Å². The number of nitrogens with one attached hydrogen (secondary N) is 1. The summed E-state index contributed by atoms with van der Waals surface area (Å²) in [6.45, 7) is 5.95. The van der Waals surface area contributed by atoms with E-state index >= 15 is 0 Å². The molecule has 19 heavy (non-hydrogen) atoms. The Morgan fingerprint density at radius 2 is 2.11 bits per heavy atom. The molecule has 1 N–H and O–H groups in total. The molecule has 8 heteroatoms. The molecule has 2 aromatic heterocycles. The molecule has 2 rings (SSSR count). The van der Waals surface area contributed by atoms with Gasteiger partial charge in [0.15, 0.2) is 0 Å². The van der Waals surface area contributed by atoms with Crippen LogP contribution in [0.15, 0.2) is 12.7 Å². The second kappa shape index (κ2) is 6.07. The minimum atomic E-state index is 0.460. The molecule has 0 saturated carbocycles. The molecular formula is C11H18N8. The van der Waals surface area contributed by atoms with Crippen LogP contribution in [-0.4, -0.2) is 49.9 Å². The molecule has 2 heterocycles. The van der Waals surface area contributed by atoms with Gasteiger partial charge in [0.2, 0.25) is 11.9 Å². The smallest absolute Gasteiger partial charge is 0.258 e. The van der Waals surface area contributed by atoms with Crippen molar-refractivity contribution in [2.45, 2.75) is 20.3 Å². The van der Waals surface area contributed by atoms with E-state index in [-0.39, 0.29) is 0 Å². The zero-order valence-corrected chi connectivity index (χ0v) is 11.4. The second-order valence-corrected chi connectivity index (χ2v) is 3.93. The highest BCUT2D eigenvalue weighted by Gasteiger charge is 2.12. The molecule has 8 nitrogen and oxygen atoms in total. The first kappa shape index (κ1) is 13.2. The Bertz CT molecular complexity index is 509. The highest BCUT2D eigenvalue weighted by atomic mass is 15.4. The van der Waals surface area contributed by atoms with E-state index < -0.39 is 0 Å². The molecule has 0 unspecified atom stereocenters. The first-order valence-corrected chi connectivity index (χ1v) is 6.32. The van der Waals surface area contributed by atoms with Crippen LogP contribution < -0.4 is 10.2 Å². The van der Waals surface area contributed by atoms with Gasteiger partial charge in [-0.2, -0.15) is 24.7 Å². The number of hydrogen-bond acceptors (Lipinski definition) is 7. The SMILES string of the molecule is CCCN(CC)c1nc(NC)nc(-n2cncn2)n1. The second-order valence-electron chi connectivity index (χ2n) is 3.93. The van der Waals surface area contributed by atoms with Gasteiger partial charge in [0.25, 0.3) is 5.95 Å². The summed E-state index contributed by atoms with van der Waals surface area (Å²) >= 11 is 0. The molecule has 0 aliphatic rings. The fourth-order valence-corrected chi connectivity index (χ4v) is 1.69. The minimum absolute atomic E-state index is 0.460. The highest BCUT2D eigenvalue weighted by molar-refractivity contribution is 5.39. The summed E-state index contributed by atoms with van der Waals surface area (Å²) in [5.74, 6) is 1.63. The number of nitrogens with zero attached hydrogens (tertiary/aromatic N) is 7. The summed E-state index contributed by atoms with van der Waals surface area (Å²) in [7, 11) is 1.78.